The second kappa shape index (κ2) is 4.33. The smallest absolute Gasteiger partial charge is 0.151 e. The Morgan fingerprint density at radius 2 is 2.07 bits per heavy atom. The summed E-state index contributed by atoms with van der Waals surface area (Å²) in [5.41, 5.74) is 2.23. The van der Waals surface area contributed by atoms with Crippen molar-refractivity contribution in [3.63, 3.8) is 0 Å². The normalized spacial score (nSPS) is 10.3. The molecule has 0 spiro atoms. The zero-order valence-corrected chi connectivity index (χ0v) is 8.52. The molecule has 0 bridgehead atoms. The minimum absolute atomic E-state index is 0.0398. The summed E-state index contributed by atoms with van der Waals surface area (Å²) in [4.78, 5) is 3.99. The summed E-state index contributed by atoms with van der Waals surface area (Å²) < 4.78 is 0. The highest BCUT2D eigenvalue weighted by atomic mass is 35.5. The van der Waals surface area contributed by atoms with Crippen LogP contribution in [0.3, 0.4) is 0 Å². The largest absolute Gasteiger partial charge is 0.392 e. The molecule has 4 nitrogen and oxygen atoms in total. The number of nitrogens with zero attached hydrogens (tertiary/aromatic N) is 3. The molecule has 0 unspecified atom stereocenters. The Kier molecular flexibility index (Phi) is 2.89. The molecule has 0 aliphatic carbocycles. The fraction of sp³-hybridized carbons (Fsp3) is 0.100. The highest BCUT2D eigenvalue weighted by Gasteiger charge is 2.01. The van der Waals surface area contributed by atoms with Crippen molar-refractivity contribution in [3.05, 3.63) is 41.3 Å². The lowest BCUT2D eigenvalue weighted by molar-refractivity contribution is 0.281. The summed E-state index contributed by atoms with van der Waals surface area (Å²) in [5.74, 6) is 0. The Bertz CT molecular complexity index is 458. The molecule has 1 N–H and O–H groups in total. The summed E-state index contributed by atoms with van der Waals surface area (Å²) >= 11 is 5.63. The predicted octanol–water partition coefficient (Wildman–Crippen LogP) is 1.68. The van der Waals surface area contributed by atoms with E-state index in [0.717, 1.165) is 11.1 Å². The molecule has 2 aromatic rings. The maximum atomic E-state index is 8.96. The topological polar surface area (TPSA) is 58.9 Å². The monoisotopic (exact) mass is 221 g/mol. The SMILES string of the molecule is OCc1cncc(-c2ccc(Cl)nn2)c1. The molecule has 0 fully saturated rings. The van der Waals surface area contributed by atoms with Gasteiger partial charge >= 0.3 is 0 Å². The van der Waals surface area contributed by atoms with Crippen molar-refractivity contribution < 1.29 is 5.11 Å². The molecular weight excluding hydrogens is 214 g/mol. The number of hydrogen-bond acceptors (Lipinski definition) is 4. The first-order valence-corrected chi connectivity index (χ1v) is 4.72. The second-order valence-corrected chi connectivity index (χ2v) is 3.37. The zero-order chi connectivity index (χ0) is 10.7. The van der Waals surface area contributed by atoms with Crippen molar-refractivity contribution in [2.45, 2.75) is 6.61 Å². The van der Waals surface area contributed by atoms with Gasteiger partial charge in [0.1, 0.15) is 0 Å². The lowest BCUT2D eigenvalue weighted by Crippen LogP contribution is -1.91. The molecule has 0 atom stereocenters. The number of pyridine rings is 1. The number of rotatable bonds is 2. The second-order valence-electron chi connectivity index (χ2n) is 2.98. The summed E-state index contributed by atoms with van der Waals surface area (Å²) in [6, 6.07) is 5.23. The van der Waals surface area contributed by atoms with Gasteiger partial charge in [0, 0.05) is 18.0 Å². The summed E-state index contributed by atoms with van der Waals surface area (Å²) in [7, 11) is 0. The van der Waals surface area contributed by atoms with Crippen LogP contribution in [0.4, 0.5) is 0 Å². The van der Waals surface area contributed by atoms with Crippen molar-refractivity contribution in [2.24, 2.45) is 0 Å². The Balaban J connectivity index is 2.40. The molecule has 15 heavy (non-hydrogen) atoms. The molecular formula is C10H8ClN3O. The van der Waals surface area contributed by atoms with E-state index in [1.807, 2.05) is 6.07 Å². The lowest BCUT2D eigenvalue weighted by Gasteiger charge is -2.01. The average molecular weight is 222 g/mol. The van der Waals surface area contributed by atoms with Crippen LogP contribution in [0, 0.1) is 0 Å². The molecule has 0 amide bonds. The van der Waals surface area contributed by atoms with Crippen LogP contribution >= 0.6 is 11.6 Å². The molecule has 0 aliphatic rings. The Labute approximate surface area is 91.6 Å². The van der Waals surface area contributed by atoms with E-state index in [1.165, 1.54) is 0 Å². The van der Waals surface area contributed by atoms with Gasteiger partial charge in [0.05, 0.1) is 12.3 Å². The first kappa shape index (κ1) is 10.0. The van der Waals surface area contributed by atoms with Crippen LogP contribution in [0.1, 0.15) is 5.56 Å². The molecule has 0 saturated carbocycles. The van der Waals surface area contributed by atoms with Crippen LogP contribution in [0.5, 0.6) is 0 Å². The van der Waals surface area contributed by atoms with Gasteiger partial charge in [-0.3, -0.25) is 4.98 Å². The van der Waals surface area contributed by atoms with Gasteiger partial charge in [0.15, 0.2) is 5.15 Å². The van der Waals surface area contributed by atoms with Gasteiger partial charge in [-0.1, -0.05) is 11.6 Å². The number of aliphatic hydroxyl groups excluding tert-OH is 1. The molecule has 2 rings (SSSR count). The average Bonchev–Trinajstić information content (AvgIpc) is 2.30. The van der Waals surface area contributed by atoms with Crippen molar-refractivity contribution in [3.8, 4) is 11.3 Å². The first-order chi connectivity index (χ1) is 7.29. The van der Waals surface area contributed by atoms with Crippen molar-refractivity contribution in [1.82, 2.24) is 15.2 Å². The third-order valence-corrected chi connectivity index (χ3v) is 2.11. The lowest BCUT2D eigenvalue weighted by atomic mass is 10.1. The van der Waals surface area contributed by atoms with E-state index in [1.54, 1.807) is 24.5 Å². The molecule has 0 saturated heterocycles. The van der Waals surface area contributed by atoms with Crippen molar-refractivity contribution in [2.75, 3.05) is 0 Å². The third-order valence-electron chi connectivity index (χ3n) is 1.91. The van der Waals surface area contributed by atoms with Gasteiger partial charge in [-0.15, -0.1) is 10.2 Å². The van der Waals surface area contributed by atoms with E-state index < -0.39 is 0 Å². The van der Waals surface area contributed by atoms with E-state index >= 15 is 0 Å². The Hall–Kier alpha value is -1.52. The number of halogens is 1. The van der Waals surface area contributed by atoms with Crippen LogP contribution in [0.15, 0.2) is 30.6 Å². The number of aliphatic hydroxyl groups is 1. The van der Waals surface area contributed by atoms with Crippen molar-refractivity contribution >= 4 is 11.6 Å². The summed E-state index contributed by atoms with van der Waals surface area (Å²) in [6.45, 7) is -0.0398. The summed E-state index contributed by atoms with van der Waals surface area (Å²) in [5, 5.41) is 17.0. The molecule has 2 heterocycles. The van der Waals surface area contributed by atoms with Crippen LogP contribution < -0.4 is 0 Å². The minimum atomic E-state index is -0.0398. The van der Waals surface area contributed by atoms with E-state index in [-0.39, 0.29) is 6.61 Å². The van der Waals surface area contributed by atoms with E-state index in [9.17, 15) is 0 Å². The van der Waals surface area contributed by atoms with Gasteiger partial charge in [0.2, 0.25) is 0 Å². The summed E-state index contributed by atoms with van der Waals surface area (Å²) in [6.07, 6.45) is 3.27. The highest BCUT2D eigenvalue weighted by molar-refractivity contribution is 6.29. The molecule has 5 heteroatoms. The zero-order valence-electron chi connectivity index (χ0n) is 7.76. The third kappa shape index (κ3) is 2.29. The van der Waals surface area contributed by atoms with Crippen molar-refractivity contribution in [1.29, 1.82) is 0 Å². The molecule has 76 valence electrons. The minimum Gasteiger partial charge on any atom is -0.392 e. The number of aromatic nitrogens is 3. The van der Waals surface area contributed by atoms with E-state index in [2.05, 4.69) is 15.2 Å². The van der Waals surface area contributed by atoms with Crippen LogP contribution in [0.25, 0.3) is 11.3 Å². The molecule has 0 aromatic carbocycles. The van der Waals surface area contributed by atoms with Crippen LogP contribution in [-0.4, -0.2) is 20.3 Å². The fourth-order valence-electron chi connectivity index (χ4n) is 1.18. The first-order valence-electron chi connectivity index (χ1n) is 4.34. The molecule has 0 aliphatic heterocycles. The maximum absolute atomic E-state index is 8.96. The number of hydrogen-bond donors (Lipinski definition) is 1. The van der Waals surface area contributed by atoms with Crippen LogP contribution in [0.2, 0.25) is 5.15 Å². The fourth-order valence-corrected chi connectivity index (χ4v) is 1.28. The molecule has 0 radical (unpaired) electrons. The van der Waals surface area contributed by atoms with Crippen LogP contribution in [-0.2, 0) is 6.61 Å². The quantitative estimate of drug-likeness (QED) is 0.838. The highest BCUT2D eigenvalue weighted by Crippen LogP contribution is 2.17. The van der Waals surface area contributed by atoms with E-state index in [0.29, 0.717) is 10.8 Å². The Morgan fingerprint density at radius 3 is 2.73 bits per heavy atom. The molecule has 2 aromatic heterocycles. The standard InChI is InChI=1S/C10H8ClN3O/c11-10-2-1-9(13-14-10)8-3-7(6-15)4-12-5-8/h1-5,15H,6H2. The van der Waals surface area contributed by atoms with Gasteiger partial charge < -0.3 is 5.11 Å². The predicted molar refractivity (Wildman–Crippen MR) is 56.2 cm³/mol. The van der Waals surface area contributed by atoms with Gasteiger partial charge in [0.25, 0.3) is 0 Å². The maximum Gasteiger partial charge on any atom is 0.151 e. The van der Waals surface area contributed by atoms with Gasteiger partial charge in [-0.25, -0.2) is 0 Å². The van der Waals surface area contributed by atoms with Gasteiger partial charge in [-0.2, -0.15) is 0 Å². The van der Waals surface area contributed by atoms with E-state index in [4.69, 9.17) is 16.7 Å². The van der Waals surface area contributed by atoms with Gasteiger partial charge in [-0.05, 0) is 23.8 Å². The Morgan fingerprint density at radius 1 is 1.20 bits per heavy atom.